The van der Waals surface area contributed by atoms with Crippen molar-refractivity contribution < 1.29 is 13.2 Å². The van der Waals surface area contributed by atoms with E-state index in [2.05, 4.69) is 0 Å². The zero-order valence-electron chi connectivity index (χ0n) is 12.4. The van der Waals surface area contributed by atoms with Gasteiger partial charge in [-0.25, -0.2) is 0 Å². The van der Waals surface area contributed by atoms with Gasteiger partial charge >= 0.3 is 6.18 Å². The van der Waals surface area contributed by atoms with E-state index >= 15 is 0 Å². The molecule has 2 unspecified atom stereocenters. The summed E-state index contributed by atoms with van der Waals surface area (Å²) in [6, 6.07) is 2.91. The van der Waals surface area contributed by atoms with E-state index in [4.69, 9.17) is 5.73 Å². The number of halogens is 3. The second kappa shape index (κ2) is 6.91. The Morgan fingerprint density at radius 2 is 1.90 bits per heavy atom. The van der Waals surface area contributed by atoms with Gasteiger partial charge in [0.2, 0.25) is 0 Å². The van der Waals surface area contributed by atoms with Crippen LogP contribution in [0.4, 0.5) is 13.2 Å². The van der Waals surface area contributed by atoms with Crippen LogP contribution in [0.2, 0.25) is 0 Å². The highest BCUT2D eigenvalue weighted by molar-refractivity contribution is 7.12. The molecule has 116 valence electrons. The van der Waals surface area contributed by atoms with Crippen LogP contribution in [0.25, 0.3) is 0 Å². The SMILES string of the molecule is CCC(N)C(c1ccc(C)s1)N(CC(F)(F)F)C(C)C. The third-order valence-corrected chi connectivity index (χ3v) is 4.38. The van der Waals surface area contributed by atoms with E-state index in [0.717, 1.165) is 9.75 Å². The van der Waals surface area contributed by atoms with Gasteiger partial charge in [-0.1, -0.05) is 6.92 Å². The van der Waals surface area contributed by atoms with Gasteiger partial charge in [0.05, 0.1) is 12.6 Å². The number of thiophene rings is 1. The molecule has 1 aromatic rings. The van der Waals surface area contributed by atoms with Crippen LogP contribution in [-0.2, 0) is 0 Å². The normalized spacial score (nSPS) is 15.9. The van der Waals surface area contributed by atoms with Gasteiger partial charge < -0.3 is 5.73 Å². The Kier molecular flexibility index (Phi) is 6.04. The molecule has 0 saturated heterocycles. The standard InChI is InChI=1S/C14H23F3N2S/c1-5-11(18)13(12-7-6-10(4)20-12)19(9(2)3)8-14(15,16)17/h6-7,9,11,13H,5,8,18H2,1-4H3. The lowest BCUT2D eigenvalue weighted by Crippen LogP contribution is -2.47. The third-order valence-electron chi connectivity index (χ3n) is 3.31. The lowest BCUT2D eigenvalue weighted by Gasteiger charge is -2.38. The van der Waals surface area contributed by atoms with Crippen LogP contribution in [0.15, 0.2) is 12.1 Å². The first-order valence-corrected chi connectivity index (χ1v) is 7.61. The molecule has 0 bridgehead atoms. The average molecular weight is 308 g/mol. The van der Waals surface area contributed by atoms with Gasteiger partial charge in [0.1, 0.15) is 0 Å². The van der Waals surface area contributed by atoms with Crippen LogP contribution >= 0.6 is 11.3 Å². The van der Waals surface area contributed by atoms with Crippen molar-refractivity contribution >= 4 is 11.3 Å². The van der Waals surface area contributed by atoms with Crippen LogP contribution in [0.5, 0.6) is 0 Å². The largest absolute Gasteiger partial charge is 0.401 e. The highest BCUT2D eigenvalue weighted by Gasteiger charge is 2.37. The number of rotatable bonds is 6. The van der Waals surface area contributed by atoms with Crippen molar-refractivity contribution in [2.75, 3.05) is 6.54 Å². The Hall–Kier alpha value is -0.590. The first-order valence-electron chi connectivity index (χ1n) is 6.80. The Balaban J connectivity index is 3.12. The summed E-state index contributed by atoms with van der Waals surface area (Å²) in [5.41, 5.74) is 6.11. The van der Waals surface area contributed by atoms with E-state index in [1.54, 1.807) is 13.8 Å². The van der Waals surface area contributed by atoms with Crippen molar-refractivity contribution in [3.63, 3.8) is 0 Å². The molecule has 0 fully saturated rings. The van der Waals surface area contributed by atoms with Crippen LogP contribution in [0, 0.1) is 6.92 Å². The predicted molar refractivity (Wildman–Crippen MR) is 78.0 cm³/mol. The maximum atomic E-state index is 12.8. The zero-order chi connectivity index (χ0) is 15.5. The number of aryl methyl sites for hydroxylation is 1. The van der Waals surface area contributed by atoms with Gasteiger partial charge in [-0.3, -0.25) is 4.90 Å². The molecular formula is C14H23F3N2S. The summed E-state index contributed by atoms with van der Waals surface area (Å²) < 4.78 is 38.5. The van der Waals surface area contributed by atoms with Gasteiger partial charge in [0, 0.05) is 21.8 Å². The fraction of sp³-hybridized carbons (Fsp3) is 0.714. The first-order chi connectivity index (χ1) is 9.15. The van der Waals surface area contributed by atoms with E-state index in [0.29, 0.717) is 6.42 Å². The maximum Gasteiger partial charge on any atom is 0.401 e. The Morgan fingerprint density at radius 1 is 1.30 bits per heavy atom. The van der Waals surface area contributed by atoms with E-state index in [-0.39, 0.29) is 18.1 Å². The molecule has 0 aliphatic carbocycles. The fourth-order valence-corrected chi connectivity index (χ4v) is 3.34. The van der Waals surface area contributed by atoms with Crippen molar-refractivity contribution in [2.45, 2.75) is 58.4 Å². The zero-order valence-corrected chi connectivity index (χ0v) is 13.2. The number of hydrogen-bond acceptors (Lipinski definition) is 3. The molecule has 0 radical (unpaired) electrons. The number of nitrogens with two attached hydrogens (primary N) is 1. The first kappa shape index (κ1) is 17.5. The van der Waals surface area contributed by atoms with Crippen LogP contribution in [-0.4, -0.2) is 29.7 Å². The van der Waals surface area contributed by atoms with Crippen molar-refractivity contribution in [1.29, 1.82) is 0 Å². The fourth-order valence-electron chi connectivity index (χ4n) is 2.27. The Bertz CT molecular complexity index is 415. The summed E-state index contributed by atoms with van der Waals surface area (Å²) in [4.78, 5) is 3.46. The molecule has 1 heterocycles. The summed E-state index contributed by atoms with van der Waals surface area (Å²) in [7, 11) is 0. The van der Waals surface area contributed by atoms with Gasteiger partial charge in [0.25, 0.3) is 0 Å². The quantitative estimate of drug-likeness (QED) is 0.857. The van der Waals surface area contributed by atoms with E-state index in [1.807, 2.05) is 26.0 Å². The highest BCUT2D eigenvalue weighted by atomic mass is 32.1. The van der Waals surface area contributed by atoms with E-state index in [1.165, 1.54) is 16.2 Å². The van der Waals surface area contributed by atoms with Crippen molar-refractivity contribution in [2.24, 2.45) is 5.73 Å². The molecule has 6 heteroatoms. The molecule has 0 saturated carbocycles. The van der Waals surface area contributed by atoms with Crippen molar-refractivity contribution in [3.8, 4) is 0 Å². The summed E-state index contributed by atoms with van der Waals surface area (Å²) >= 11 is 1.52. The van der Waals surface area contributed by atoms with Gasteiger partial charge in [-0.2, -0.15) is 13.2 Å². The predicted octanol–water partition coefficient (Wildman–Crippen LogP) is 4.11. The molecule has 0 aliphatic rings. The van der Waals surface area contributed by atoms with Crippen LogP contribution in [0.3, 0.4) is 0 Å². The molecule has 0 aromatic carbocycles. The molecule has 1 aromatic heterocycles. The minimum Gasteiger partial charge on any atom is -0.326 e. The van der Waals surface area contributed by atoms with Gasteiger partial charge in [0.15, 0.2) is 0 Å². The lowest BCUT2D eigenvalue weighted by molar-refractivity contribution is -0.156. The van der Waals surface area contributed by atoms with Gasteiger partial charge in [-0.05, 0) is 39.3 Å². The summed E-state index contributed by atoms with van der Waals surface area (Å²) in [5, 5.41) is 0. The smallest absolute Gasteiger partial charge is 0.326 e. The van der Waals surface area contributed by atoms with E-state index in [9.17, 15) is 13.2 Å². The molecular weight excluding hydrogens is 285 g/mol. The molecule has 20 heavy (non-hydrogen) atoms. The number of nitrogens with zero attached hydrogens (tertiary/aromatic N) is 1. The molecule has 2 N–H and O–H groups in total. The molecule has 2 atom stereocenters. The monoisotopic (exact) mass is 308 g/mol. The molecule has 0 spiro atoms. The van der Waals surface area contributed by atoms with Crippen LogP contribution < -0.4 is 5.73 Å². The molecule has 1 rings (SSSR count). The average Bonchev–Trinajstić information content (AvgIpc) is 2.72. The molecule has 0 amide bonds. The topological polar surface area (TPSA) is 29.3 Å². The van der Waals surface area contributed by atoms with Crippen molar-refractivity contribution in [3.05, 3.63) is 21.9 Å². The Labute approximate surface area is 122 Å². The minimum absolute atomic E-state index is 0.221. The molecule has 0 aliphatic heterocycles. The number of hydrogen-bond donors (Lipinski definition) is 1. The number of alkyl halides is 3. The minimum atomic E-state index is -4.22. The van der Waals surface area contributed by atoms with Gasteiger partial charge in [-0.15, -0.1) is 11.3 Å². The Morgan fingerprint density at radius 3 is 2.25 bits per heavy atom. The van der Waals surface area contributed by atoms with E-state index < -0.39 is 12.7 Å². The summed E-state index contributed by atoms with van der Waals surface area (Å²) in [6.07, 6.45) is -3.58. The highest BCUT2D eigenvalue weighted by Crippen LogP contribution is 2.34. The second-order valence-corrected chi connectivity index (χ2v) is 6.67. The summed E-state index contributed by atoms with van der Waals surface area (Å²) in [6.45, 7) is 6.49. The third kappa shape index (κ3) is 4.75. The summed E-state index contributed by atoms with van der Waals surface area (Å²) in [5.74, 6) is 0. The van der Waals surface area contributed by atoms with Crippen LogP contribution in [0.1, 0.15) is 43.0 Å². The maximum absolute atomic E-state index is 12.8. The molecule has 2 nitrogen and oxygen atoms in total. The lowest BCUT2D eigenvalue weighted by atomic mass is 10.0. The second-order valence-electron chi connectivity index (χ2n) is 5.35. The van der Waals surface area contributed by atoms with Crippen molar-refractivity contribution in [1.82, 2.24) is 4.90 Å².